The van der Waals surface area contributed by atoms with Crippen molar-refractivity contribution < 1.29 is 14.6 Å². The van der Waals surface area contributed by atoms with Gasteiger partial charge in [-0.25, -0.2) is 14.8 Å². The number of nitrogens with zero attached hydrogens (tertiary/aromatic N) is 2. The number of H-pyrrole nitrogens is 1. The highest BCUT2D eigenvalue weighted by atomic mass is 16.5. The second kappa shape index (κ2) is 7.17. The Kier molecular flexibility index (Phi) is 4.40. The molecule has 2 aromatic heterocycles. The Bertz CT molecular complexity index is 1080. The van der Waals surface area contributed by atoms with Crippen molar-refractivity contribution in [1.29, 1.82) is 0 Å². The quantitative estimate of drug-likeness (QED) is 0.481. The normalized spacial score (nSPS) is 10.7. The number of ether oxygens (including phenoxy) is 1. The first-order valence-corrected chi connectivity index (χ1v) is 8.30. The molecule has 7 nitrogen and oxygen atoms in total. The number of nitrogens with one attached hydrogen (secondary N) is 2. The SMILES string of the molecule is O=C(O)c1cc2c(Nc3ccc(OCc4ccccc4)cc3)ncnc2[nH]1. The number of fused-ring (bicyclic) bond motifs is 1. The van der Waals surface area contributed by atoms with Crippen LogP contribution in [0, 0.1) is 0 Å². The molecule has 0 aliphatic rings. The van der Waals surface area contributed by atoms with E-state index in [0.29, 0.717) is 23.5 Å². The number of benzene rings is 2. The van der Waals surface area contributed by atoms with Gasteiger partial charge in [0.15, 0.2) is 0 Å². The summed E-state index contributed by atoms with van der Waals surface area (Å²) in [6.45, 7) is 0.501. The van der Waals surface area contributed by atoms with Gasteiger partial charge < -0.3 is 20.1 Å². The van der Waals surface area contributed by atoms with Gasteiger partial charge >= 0.3 is 5.97 Å². The zero-order chi connectivity index (χ0) is 18.6. The molecule has 0 spiro atoms. The molecule has 0 radical (unpaired) electrons. The molecule has 0 saturated heterocycles. The Balaban J connectivity index is 1.48. The molecule has 3 N–H and O–H groups in total. The molecule has 2 heterocycles. The number of hydrogen-bond donors (Lipinski definition) is 3. The summed E-state index contributed by atoms with van der Waals surface area (Å²) in [7, 11) is 0. The predicted molar refractivity (Wildman–Crippen MR) is 101 cm³/mol. The number of aromatic amines is 1. The van der Waals surface area contributed by atoms with Crippen LogP contribution in [-0.4, -0.2) is 26.0 Å². The molecule has 0 unspecified atom stereocenters. The van der Waals surface area contributed by atoms with Gasteiger partial charge in [0, 0.05) is 5.69 Å². The molecule has 0 saturated carbocycles. The Morgan fingerprint density at radius 1 is 1.07 bits per heavy atom. The molecule has 4 rings (SSSR count). The third-order valence-electron chi connectivity index (χ3n) is 4.02. The molecule has 0 fully saturated rings. The summed E-state index contributed by atoms with van der Waals surface area (Å²) in [4.78, 5) is 22.2. The van der Waals surface area contributed by atoms with Gasteiger partial charge in [-0.15, -0.1) is 0 Å². The molecular weight excluding hydrogens is 344 g/mol. The predicted octanol–water partition coefficient (Wildman–Crippen LogP) is 3.98. The molecule has 0 bridgehead atoms. The zero-order valence-corrected chi connectivity index (χ0v) is 14.2. The minimum atomic E-state index is -1.04. The van der Waals surface area contributed by atoms with E-state index in [1.165, 1.54) is 12.4 Å². The van der Waals surface area contributed by atoms with Crippen LogP contribution in [0.1, 0.15) is 16.1 Å². The largest absolute Gasteiger partial charge is 0.489 e. The molecule has 2 aromatic carbocycles. The van der Waals surface area contributed by atoms with E-state index >= 15 is 0 Å². The van der Waals surface area contributed by atoms with Crippen LogP contribution in [0.4, 0.5) is 11.5 Å². The average Bonchev–Trinajstić information content (AvgIpc) is 3.14. The summed E-state index contributed by atoms with van der Waals surface area (Å²) in [5, 5.41) is 12.9. The van der Waals surface area contributed by atoms with Gasteiger partial charge in [-0.1, -0.05) is 30.3 Å². The topological polar surface area (TPSA) is 100 Å². The lowest BCUT2D eigenvalue weighted by molar-refractivity contribution is 0.0691. The second-order valence-corrected chi connectivity index (χ2v) is 5.90. The van der Waals surface area contributed by atoms with Crippen molar-refractivity contribution in [3.8, 4) is 5.75 Å². The lowest BCUT2D eigenvalue weighted by Crippen LogP contribution is -1.97. The van der Waals surface area contributed by atoms with E-state index in [9.17, 15) is 4.79 Å². The molecule has 27 heavy (non-hydrogen) atoms. The third kappa shape index (κ3) is 3.72. The van der Waals surface area contributed by atoms with Crippen molar-refractivity contribution >= 4 is 28.5 Å². The van der Waals surface area contributed by atoms with Crippen molar-refractivity contribution in [2.45, 2.75) is 6.61 Å². The highest BCUT2D eigenvalue weighted by molar-refractivity contribution is 5.97. The van der Waals surface area contributed by atoms with Gasteiger partial charge in [-0.2, -0.15) is 0 Å². The van der Waals surface area contributed by atoms with E-state index in [4.69, 9.17) is 9.84 Å². The van der Waals surface area contributed by atoms with Crippen molar-refractivity contribution in [1.82, 2.24) is 15.0 Å². The van der Waals surface area contributed by atoms with Crippen LogP contribution in [0.25, 0.3) is 11.0 Å². The number of carbonyl (C=O) groups is 1. The summed E-state index contributed by atoms with van der Waals surface area (Å²) < 4.78 is 5.77. The lowest BCUT2D eigenvalue weighted by atomic mass is 10.2. The van der Waals surface area contributed by atoms with Gasteiger partial charge in [0.25, 0.3) is 0 Å². The number of aromatic nitrogens is 3. The van der Waals surface area contributed by atoms with Gasteiger partial charge in [0.05, 0.1) is 5.39 Å². The first-order chi connectivity index (χ1) is 13.2. The Labute approximate surface area is 154 Å². The summed E-state index contributed by atoms with van der Waals surface area (Å²) in [6.07, 6.45) is 1.38. The average molecular weight is 360 g/mol. The van der Waals surface area contributed by atoms with E-state index in [-0.39, 0.29) is 5.69 Å². The number of anilines is 2. The highest BCUT2D eigenvalue weighted by Crippen LogP contribution is 2.25. The van der Waals surface area contributed by atoms with Crippen LogP contribution in [-0.2, 0) is 6.61 Å². The minimum absolute atomic E-state index is 0.0678. The maximum atomic E-state index is 11.1. The molecule has 4 aromatic rings. The van der Waals surface area contributed by atoms with Crippen LogP contribution in [0.3, 0.4) is 0 Å². The number of hydrogen-bond acceptors (Lipinski definition) is 5. The third-order valence-corrected chi connectivity index (χ3v) is 4.02. The Hall–Kier alpha value is -3.87. The second-order valence-electron chi connectivity index (χ2n) is 5.90. The number of carboxylic acid groups (broad SMARTS) is 1. The van der Waals surface area contributed by atoms with Crippen molar-refractivity contribution in [3.05, 3.63) is 78.2 Å². The first-order valence-electron chi connectivity index (χ1n) is 8.30. The molecule has 0 amide bonds. The van der Waals surface area contributed by atoms with Crippen LogP contribution >= 0.6 is 0 Å². The van der Waals surface area contributed by atoms with E-state index in [1.54, 1.807) is 0 Å². The smallest absolute Gasteiger partial charge is 0.352 e. The Morgan fingerprint density at radius 3 is 2.59 bits per heavy atom. The molecule has 0 aliphatic heterocycles. The molecule has 0 aliphatic carbocycles. The van der Waals surface area contributed by atoms with Crippen LogP contribution in [0.15, 0.2) is 67.0 Å². The monoisotopic (exact) mass is 360 g/mol. The lowest BCUT2D eigenvalue weighted by Gasteiger charge is -2.09. The van der Waals surface area contributed by atoms with Crippen molar-refractivity contribution in [3.63, 3.8) is 0 Å². The fraction of sp³-hybridized carbons (Fsp3) is 0.0500. The fourth-order valence-electron chi connectivity index (χ4n) is 2.67. The summed E-state index contributed by atoms with van der Waals surface area (Å²) in [6, 6.07) is 18.9. The molecule has 7 heteroatoms. The number of carboxylic acids is 1. The fourth-order valence-corrected chi connectivity index (χ4v) is 2.67. The molecule has 0 atom stereocenters. The number of rotatable bonds is 6. The van der Waals surface area contributed by atoms with E-state index in [0.717, 1.165) is 17.0 Å². The molecule has 134 valence electrons. The maximum absolute atomic E-state index is 11.1. The van der Waals surface area contributed by atoms with Gasteiger partial charge in [0.2, 0.25) is 0 Å². The van der Waals surface area contributed by atoms with Crippen molar-refractivity contribution in [2.75, 3.05) is 5.32 Å². The summed E-state index contributed by atoms with van der Waals surface area (Å²) in [5.74, 6) is 0.243. The first kappa shape index (κ1) is 16.6. The van der Waals surface area contributed by atoms with Crippen LogP contribution in [0.2, 0.25) is 0 Å². The van der Waals surface area contributed by atoms with E-state index in [2.05, 4.69) is 20.3 Å². The number of aromatic carboxylic acids is 1. The minimum Gasteiger partial charge on any atom is -0.489 e. The standard InChI is InChI=1S/C20H16N4O3/c25-20(26)17-10-16-18(21-12-22-19(16)24-17)23-14-6-8-15(9-7-14)27-11-13-4-2-1-3-5-13/h1-10,12H,11H2,(H,25,26)(H2,21,22,23,24). The van der Waals surface area contributed by atoms with Gasteiger partial charge in [0.1, 0.15) is 35.8 Å². The van der Waals surface area contributed by atoms with Gasteiger partial charge in [-0.3, -0.25) is 0 Å². The van der Waals surface area contributed by atoms with E-state index < -0.39 is 5.97 Å². The zero-order valence-electron chi connectivity index (χ0n) is 14.2. The maximum Gasteiger partial charge on any atom is 0.352 e. The van der Waals surface area contributed by atoms with Crippen molar-refractivity contribution in [2.24, 2.45) is 0 Å². The van der Waals surface area contributed by atoms with Crippen LogP contribution in [0.5, 0.6) is 5.75 Å². The van der Waals surface area contributed by atoms with E-state index in [1.807, 2.05) is 54.6 Å². The molecular formula is C20H16N4O3. The summed E-state index contributed by atoms with van der Waals surface area (Å²) in [5.41, 5.74) is 2.44. The Morgan fingerprint density at radius 2 is 1.85 bits per heavy atom. The summed E-state index contributed by atoms with van der Waals surface area (Å²) >= 11 is 0. The van der Waals surface area contributed by atoms with Crippen LogP contribution < -0.4 is 10.1 Å². The van der Waals surface area contributed by atoms with Gasteiger partial charge in [-0.05, 0) is 35.9 Å². The highest BCUT2D eigenvalue weighted by Gasteiger charge is 2.12.